The minimum Gasteiger partial charge on any atom is -0.409 e. The first-order chi connectivity index (χ1) is 9.15. The number of amidine groups is 1. The Morgan fingerprint density at radius 1 is 1.37 bits per heavy atom. The summed E-state index contributed by atoms with van der Waals surface area (Å²) in [6.45, 7) is 2.94. The number of piperidine rings is 1. The summed E-state index contributed by atoms with van der Waals surface area (Å²) in [5.41, 5.74) is 5.12. The van der Waals surface area contributed by atoms with Crippen molar-refractivity contribution in [1.82, 2.24) is 4.90 Å². The van der Waals surface area contributed by atoms with E-state index >= 15 is 0 Å². The van der Waals surface area contributed by atoms with Gasteiger partial charge in [-0.2, -0.15) is 0 Å². The molecule has 108 valence electrons. The zero-order valence-corrected chi connectivity index (χ0v) is 11.8. The smallest absolute Gasteiger partial charge is 0.236 e. The average molecular weight is 267 g/mol. The third-order valence-corrected chi connectivity index (χ3v) is 4.82. The van der Waals surface area contributed by atoms with E-state index in [9.17, 15) is 4.79 Å². The highest BCUT2D eigenvalue weighted by Crippen LogP contribution is 2.41. The highest BCUT2D eigenvalue weighted by atomic mass is 16.4. The molecule has 1 heterocycles. The average Bonchev–Trinajstić information content (AvgIpc) is 2.96. The van der Waals surface area contributed by atoms with Crippen LogP contribution in [0, 0.1) is 5.41 Å². The van der Waals surface area contributed by atoms with Gasteiger partial charge in [-0.25, -0.2) is 0 Å². The molecule has 0 radical (unpaired) electrons. The van der Waals surface area contributed by atoms with Crippen LogP contribution in [0.3, 0.4) is 0 Å². The van der Waals surface area contributed by atoms with Gasteiger partial charge in [0.05, 0.1) is 0 Å². The number of rotatable bonds is 3. The SMILES string of the molecule is CCC1CCCCN1C(=O)C1(C(N)=NO)CCCC1. The van der Waals surface area contributed by atoms with Crippen molar-refractivity contribution in [2.45, 2.75) is 64.3 Å². The van der Waals surface area contributed by atoms with Crippen LogP contribution in [0.1, 0.15) is 58.3 Å². The predicted octanol–water partition coefficient (Wildman–Crippen LogP) is 2.08. The Morgan fingerprint density at radius 2 is 2.05 bits per heavy atom. The largest absolute Gasteiger partial charge is 0.409 e. The van der Waals surface area contributed by atoms with Crippen molar-refractivity contribution in [3.05, 3.63) is 0 Å². The van der Waals surface area contributed by atoms with E-state index < -0.39 is 5.41 Å². The fourth-order valence-corrected chi connectivity index (χ4v) is 3.62. The van der Waals surface area contributed by atoms with Crippen LogP contribution in [0.2, 0.25) is 0 Å². The number of carbonyl (C=O) groups is 1. The van der Waals surface area contributed by atoms with E-state index in [0.717, 1.165) is 38.6 Å². The Labute approximate surface area is 114 Å². The number of hydrogen-bond donors (Lipinski definition) is 2. The molecule has 0 aromatic rings. The minimum absolute atomic E-state index is 0.0897. The summed E-state index contributed by atoms with van der Waals surface area (Å²) in [6.07, 6.45) is 7.71. The maximum atomic E-state index is 12.9. The number of oxime groups is 1. The molecular weight excluding hydrogens is 242 g/mol. The summed E-state index contributed by atoms with van der Waals surface area (Å²) in [7, 11) is 0. The zero-order valence-electron chi connectivity index (χ0n) is 11.8. The minimum atomic E-state index is -0.737. The number of nitrogens with two attached hydrogens (primary N) is 1. The molecule has 1 aliphatic carbocycles. The van der Waals surface area contributed by atoms with E-state index in [1.54, 1.807) is 0 Å². The van der Waals surface area contributed by atoms with Crippen LogP contribution in [0.15, 0.2) is 5.16 Å². The lowest BCUT2D eigenvalue weighted by Gasteiger charge is -2.40. The molecule has 1 atom stereocenters. The van der Waals surface area contributed by atoms with Gasteiger partial charge in [-0.05, 0) is 38.5 Å². The van der Waals surface area contributed by atoms with Crippen molar-refractivity contribution in [3.63, 3.8) is 0 Å². The van der Waals surface area contributed by atoms with Gasteiger partial charge in [-0.15, -0.1) is 0 Å². The van der Waals surface area contributed by atoms with Gasteiger partial charge in [-0.3, -0.25) is 4.79 Å². The second-order valence-corrected chi connectivity index (χ2v) is 5.83. The molecule has 0 spiro atoms. The summed E-state index contributed by atoms with van der Waals surface area (Å²) in [5, 5.41) is 12.2. The Bertz CT molecular complexity index is 362. The Kier molecular flexibility index (Phi) is 4.32. The molecule has 1 aliphatic heterocycles. The molecule has 2 aliphatic rings. The quantitative estimate of drug-likeness (QED) is 0.355. The molecule has 1 saturated heterocycles. The number of carbonyl (C=O) groups excluding carboxylic acids is 1. The molecule has 1 saturated carbocycles. The van der Waals surface area contributed by atoms with Gasteiger partial charge in [0, 0.05) is 12.6 Å². The van der Waals surface area contributed by atoms with Gasteiger partial charge in [-0.1, -0.05) is 24.9 Å². The van der Waals surface area contributed by atoms with Gasteiger partial charge >= 0.3 is 0 Å². The van der Waals surface area contributed by atoms with Gasteiger partial charge < -0.3 is 15.8 Å². The first-order valence-corrected chi connectivity index (χ1v) is 7.45. The first kappa shape index (κ1) is 14.2. The van der Waals surface area contributed by atoms with E-state index in [2.05, 4.69) is 12.1 Å². The van der Waals surface area contributed by atoms with Crippen molar-refractivity contribution in [3.8, 4) is 0 Å². The topological polar surface area (TPSA) is 78.9 Å². The molecule has 2 fully saturated rings. The number of likely N-dealkylation sites (tertiary alicyclic amines) is 1. The highest BCUT2D eigenvalue weighted by molar-refractivity contribution is 6.07. The van der Waals surface area contributed by atoms with E-state index in [-0.39, 0.29) is 11.7 Å². The molecule has 5 heteroatoms. The first-order valence-electron chi connectivity index (χ1n) is 7.45. The normalized spacial score (nSPS) is 27.5. The molecular formula is C14H25N3O2. The molecule has 0 aromatic heterocycles. The lowest BCUT2D eigenvalue weighted by Crippen LogP contribution is -2.54. The van der Waals surface area contributed by atoms with Crippen molar-refractivity contribution in [2.75, 3.05) is 6.54 Å². The fraction of sp³-hybridized carbons (Fsp3) is 0.857. The Morgan fingerprint density at radius 3 is 2.63 bits per heavy atom. The molecule has 0 bridgehead atoms. The summed E-state index contributed by atoms with van der Waals surface area (Å²) >= 11 is 0. The Hall–Kier alpha value is -1.26. The van der Waals surface area contributed by atoms with Crippen molar-refractivity contribution in [1.29, 1.82) is 0 Å². The van der Waals surface area contributed by atoms with Gasteiger partial charge in [0.15, 0.2) is 5.84 Å². The third kappa shape index (κ3) is 2.42. The lowest BCUT2D eigenvalue weighted by atomic mass is 9.81. The molecule has 19 heavy (non-hydrogen) atoms. The molecule has 1 amide bonds. The maximum Gasteiger partial charge on any atom is 0.236 e. The third-order valence-electron chi connectivity index (χ3n) is 4.82. The van der Waals surface area contributed by atoms with Crippen LogP contribution in [0.4, 0.5) is 0 Å². The standard InChI is InChI=1S/C14H25N3O2/c1-2-11-7-3-6-10-17(11)13(18)14(12(15)16-19)8-4-5-9-14/h11,19H,2-10H2,1H3,(H2,15,16). The molecule has 3 N–H and O–H groups in total. The second-order valence-electron chi connectivity index (χ2n) is 5.83. The van der Waals surface area contributed by atoms with Crippen LogP contribution in [-0.2, 0) is 4.79 Å². The van der Waals surface area contributed by atoms with Crippen molar-refractivity contribution < 1.29 is 10.0 Å². The second kappa shape index (κ2) is 5.80. The summed E-state index contributed by atoms with van der Waals surface area (Å²) in [6, 6.07) is 0.324. The van der Waals surface area contributed by atoms with E-state index in [1.807, 2.05) is 4.90 Å². The molecule has 2 rings (SSSR count). The van der Waals surface area contributed by atoms with Crippen LogP contribution in [0.25, 0.3) is 0 Å². The fourth-order valence-electron chi connectivity index (χ4n) is 3.62. The van der Waals surface area contributed by atoms with Gasteiger partial charge in [0.25, 0.3) is 0 Å². The van der Waals surface area contributed by atoms with Crippen LogP contribution in [0.5, 0.6) is 0 Å². The predicted molar refractivity (Wildman–Crippen MR) is 74.0 cm³/mol. The highest BCUT2D eigenvalue weighted by Gasteiger charge is 2.48. The monoisotopic (exact) mass is 267 g/mol. The maximum absolute atomic E-state index is 12.9. The summed E-state index contributed by atoms with van der Waals surface area (Å²) in [5.74, 6) is 0.197. The lowest BCUT2D eigenvalue weighted by molar-refractivity contribution is -0.142. The summed E-state index contributed by atoms with van der Waals surface area (Å²) < 4.78 is 0. The van der Waals surface area contributed by atoms with Gasteiger partial charge in [0.1, 0.15) is 5.41 Å². The van der Waals surface area contributed by atoms with E-state index in [0.29, 0.717) is 18.9 Å². The number of hydrogen-bond acceptors (Lipinski definition) is 3. The van der Waals surface area contributed by atoms with Crippen LogP contribution < -0.4 is 5.73 Å². The summed E-state index contributed by atoms with van der Waals surface area (Å²) in [4.78, 5) is 14.9. The van der Waals surface area contributed by atoms with Gasteiger partial charge in [0.2, 0.25) is 5.91 Å². The van der Waals surface area contributed by atoms with Crippen molar-refractivity contribution >= 4 is 11.7 Å². The molecule has 1 unspecified atom stereocenters. The van der Waals surface area contributed by atoms with Crippen LogP contribution in [-0.4, -0.2) is 34.4 Å². The zero-order chi connectivity index (χ0) is 13.9. The van der Waals surface area contributed by atoms with E-state index in [4.69, 9.17) is 10.9 Å². The Balaban J connectivity index is 2.24. The van der Waals surface area contributed by atoms with Crippen LogP contribution >= 0.6 is 0 Å². The van der Waals surface area contributed by atoms with E-state index in [1.165, 1.54) is 6.42 Å². The molecule has 0 aromatic carbocycles. The van der Waals surface area contributed by atoms with Crippen molar-refractivity contribution in [2.24, 2.45) is 16.3 Å². The molecule has 5 nitrogen and oxygen atoms in total. The number of amides is 1. The number of nitrogens with zero attached hydrogens (tertiary/aromatic N) is 2.